The van der Waals surface area contributed by atoms with E-state index in [4.69, 9.17) is 0 Å². The molecule has 0 amide bonds. The molecule has 0 atom stereocenters. The molecule has 2 heterocycles. The molecule has 2 aromatic carbocycles. The number of azo groups is 1. The van der Waals surface area contributed by atoms with Crippen LogP contribution in [0.15, 0.2) is 102 Å². The van der Waals surface area contributed by atoms with Gasteiger partial charge in [-0.15, -0.1) is 0 Å². The Bertz CT molecular complexity index is 1300. The summed E-state index contributed by atoms with van der Waals surface area (Å²) in [7, 11) is -7.65. The molecule has 164 valence electrons. The first kappa shape index (κ1) is 21.2. The summed E-state index contributed by atoms with van der Waals surface area (Å²) >= 11 is 0. The minimum Gasteiger partial charge on any atom is -0.363 e. The molecule has 0 aliphatic rings. The monoisotopic (exact) mass is 474 g/mol. The van der Waals surface area contributed by atoms with E-state index in [0.29, 0.717) is 11.4 Å². The van der Waals surface area contributed by atoms with Gasteiger partial charge in [0.2, 0.25) is 0 Å². The van der Waals surface area contributed by atoms with Crippen LogP contribution >= 0.6 is 0 Å². The van der Waals surface area contributed by atoms with Crippen LogP contribution in [0.2, 0.25) is 0 Å². The second-order valence-corrected chi connectivity index (χ2v) is 9.53. The van der Waals surface area contributed by atoms with Gasteiger partial charge < -0.3 is 9.05 Å². The van der Waals surface area contributed by atoms with Crippen LogP contribution in [0.3, 0.4) is 0 Å². The molecule has 0 fully saturated rings. The van der Waals surface area contributed by atoms with E-state index in [1.54, 1.807) is 0 Å². The summed E-state index contributed by atoms with van der Waals surface area (Å²) in [5.74, 6) is 0.130. The van der Waals surface area contributed by atoms with Crippen LogP contribution in [0.5, 0.6) is 0 Å². The van der Waals surface area contributed by atoms with Gasteiger partial charge in [0, 0.05) is 12.1 Å². The zero-order chi connectivity index (χ0) is 22.6. The first-order valence-corrected chi connectivity index (χ1v) is 11.8. The van der Waals surface area contributed by atoms with E-state index in [1.807, 2.05) is 0 Å². The van der Waals surface area contributed by atoms with Crippen molar-refractivity contribution in [1.82, 2.24) is 10.3 Å². The second-order valence-electron chi connectivity index (χ2n) is 6.17. The molecule has 2 N–H and O–H groups in total. The Balaban J connectivity index is 1.43. The van der Waals surface area contributed by atoms with Gasteiger partial charge in [0.25, 0.3) is 20.0 Å². The summed E-state index contributed by atoms with van der Waals surface area (Å²) in [5.41, 5.74) is 0.796. The first-order chi connectivity index (χ1) is 15.3. The fraction of sp³-hybridized carbons (Fsp3) is 0. The second kappa shape index (κ2) is 8.60. The standard InChI is InChI=1S/C18H14N6O6S2/c25-31(26,23-17-9-11-29-21-17)15-5-1-13(2-6-15)19-20-14-3-7-16(8-4-14)32(27,28)24-18-10-12-30-22-18/h1-12H,(H,21,23)(H,22,24). The molecular formula is C18H14N6O6S2. The SMILES string of the molecule is O=S(=O)(Nc1ccon1)c1ccc(N=Nc2ccc(S(=O)(=O)Nc3ccon3)cc2)cc1. The summed E-state index contributed by atoms with van der Waals surface area (Å²) in [5, 5.41) is 15.0. The van der Waals surface area contributed by atoms with Gasteiger partial charge in [-0.05, 0) is 48.5 Å². The van der Waals surface area contributed by atoms with Crippen LogP contribution in [0, 0.1) is 0 Å². The third kappa shape index (κ3) is 4.98. The number of rotatable bonds is 8. The molecule has 0 aliphatic heterocycles. The fourth-order valence-electron chi connectivity index (χ4n) is 2.42. The van der Waals surface area contributed by atoms with E-state index >= 15 is 0 Å². The van der Waals surface area contributed by atoms with Crippen molar-refractivity contribution in [3.8, 4) is 0 Å². The summed E-state index contributed by atoms with van der Waals surface area (Å²) < 4.78 is 62.9. The van der Waals surface area contributed by atoms with E-state index < -0.39 is 20.0 Å². The molecule has 14 heteroatoms. The van der Waals surface area contributed by atoms with E-state index in [1.165, 1.54) is 73.2 Å². The molecule has 0 spiro atoms. The zero-order valence-corrected chi connectivity index (χ0v) is 17.6. The fourth-order valence-corrected chi connectivity index (χ4v) is 4.41. The molecule has 4 aromatic rings. The number of benzene rings is 2. The maximum Gasteiger partial charge on any atom is 0.263 e. The minimum atomic E-state index is -3.82. The van der Waals surface area contributed by atoms with Gasteiger partial charge in [-0.1, -0.05) is 10.3 Å². The molecular weight excluding hydrogens is 460 g/mol. The van der Waals surface area contributed by atoms with Gasteiger partial charge in [-0.25, -0.2) is 16.8 Å². The molecule has 32 heavy (non-hydrogen) atoms. The lowest BCUT2D eigenvalue weighted by Gasteiger charge is -2.05. The number of hydrogen-bond acceptors (Lipinski definition) is 10. The quantitative estimate of drug-likeness (QED) is 0.364. The third-order valence-electron chi connectivity index (χ3n) is 3.93. The highest BCUT2D eigenvalue weighted by atomic mass is 32.2. The predicted molar refractivity (Wildman–Crippen MR) is 112 cm³/mol. The van der Waals surface area contributed by atoms with Crippen molar-refractivity contribution in [2.45, 2.75) is 9.79 Å². The van der Waals surface area contributed by atoms with E-state index in [2.05, 4.69) is 39.0 Å². The zero-order valence-electron chi connectivity index (χ0n) is 16.0. The van der Waals surface area contributed by atoms with Crippen molar-refractivity contribution in [3.05, 3.63) is 73.2 Å². The first-order valence-electron chi connectivity index (χ1n) is 8.80. The Morgan fingerprint density at radius 1 is 0.594 bits per heavy atom. The molecule has 0 saturated heterocycles. The molecule has 0 saturated carbocycles. The van der Waals surface area contributed by atoms with Crippen LogP contribution in [-0.2, 0) is 20.0 Å². The third-order valence-corrected chi connectivity index (χ3v) is 6.67. The molecule has 0 unspecified atom stereocenters. The Hall–Kier alpha value is -4.04. The summed E-state index contributed by atoms with van der Waals surface area (Å²) in [6, 6.07) is 14.1. The van der Waals surface area contributed by atoms with Gasteiger partial charge in [-0.3, -0.25) is 9.44 Å². The van der Waals surface area contributed by atoms with E-state index in [-0.39, 0.29) is 21.4 Å². The topological polar surface area (TPSA) is 169 Å². The summed E-state index contributed by atoms with van der Waals surface area (Å²) in [4.78, 5) is 0.0160. The maximum absolute atomic E-state index is 12.3. The van der Waals surface area contributed by atoms with Gasteiger partial charge >= 0.3 is 0 Å². The van der Waals surface area contributed by atoms with Crippen molar-refractivity contribution in [3.63, 3.8) is 0 Å². The molecule has 4 rings (SSSR count). The Kier molecular flexibility index (Phi) is 5.70. The normalized spacial score (nSPS) is 12.1. The molecule has 0 aliphatic carbocycles. The predicted octanol–water partition coefficient (Wildman–Crippen LogP) is 3.68. The van der Waals surface area contributed by atoms with Crippen LogP contribution in [-0.4, -0.2) is 27.1 Å². The number of nitrogens with zero attached hydrogens (tertiary/aromatic N) is 4. The van der Waals surface area contributed by atoms with Crippen molar-refractivity contribution >= 4 is 43.1 Å². The lowest BCUT2D eigenvalue weighted by Crippen LogP contribution is -2.12. The van der Waals surface area contributed by atoms with E-state index in [0.717, 1.165) is 0 Å². The van der Waals surface area contributed by atoms with Crippen molar-refractivity contribution in [1.29, 1.82) is 0 Å². The average Bonchev–Trinajstić information content (AvgIpc) is 3.47. The average molecular weight is 474 g/mol. The lowest BCUT2D eigenvalue weighted by atomic mass is 10.3. The number of hydrogen-bond donors (Lipinski definition) is 2. The molecule has 0 bridgehead atoms. The van der Waals surface area contributed by atoms with E-state index in [9.17, 15) is 16.8 Å². The summed E-state index contributed by atoms with van der Waals surface area (Å²) in [6.07, 6.45) is 2.49. The Morgan fingerprint density at radius 2 is 0.969 bits per heavy atom. The number of anilines is 2. The van der Waals surface area contributed by atoms with Crippen LogP contribution in [0.1, 0.15) is 0 Å². The van der Waals surface area contributed by atoms with Crippen molar-refractivity contribution in [2.75, 3.05) is 9.44 Å². The maximum atomic E-state index is 12.3. The van der Waals surface area contributed by atoms with Crippen LogP contribution in [0.4, 0.5) is 23.0 Å². The van der Waals surface area contributed by atoms with Crippen LogP contribution in [0.25, 0.3) is 0 Å². The molecule has 2 aromatic heterocycles. The largest absolute Gasteiger partial charge is 0.363 e. The van der Waals surface area contributed by atoms with Gasteiger partial charge in [-0.2, -0.15) is 10.2 Å². The minimum absolute atomic E-state index is 0.00798. The highest BCUT2D eigenvalue weighted by molar-refractivity contribution is 7.93. The lowest BCUT2D eigenvalue weighted by molar-refractivity contribution is 0.423. The Labute approximate surface area is 182 Å². The van der Waals surface area contributed by atoms with Crippen LogP contribution < -0.4 is 9.44 Å². The number of nitrogens with one attached hydrogen (secondary N) is 2. The highest BCUT2D eigenvalue weighted by Crippen LogP contribution is 2.23. The van der Waals surface area contributed by atoms with Crippen molar-refractivity contribution < 1.29 is 25.9 Å². The smallest absolute Gasteiger partial charge is 0.263 e. The van der Waals surface area contributed by atoms with Crippen molar-refractivity contribution in [2.24, 2.45) is 10.2 Å². The summed E-state index contributed by atoms with van der Waals surface area (Å²) in [6.45, 7) is 0. The number of sulfonamides is 2. The van der Waals surface area contributed by atoms with Gasteiger partial charge in [0.1, 0.15) is 12.5 Å². The van der Waals surface area contributed by atoms with Gasteiger partial charge in [0.05, 0.1) is 21.2 Å². The Morgan fingerprint density at radius 3 is 1.28 bits per heavy atom. The highest BCUT2D eigenvalue weighted by Gasteiger charge is 2.16. The number of aromatic nitrogens is 2. The molecule has 0 radical (unpaired) electrons. The van der Waals surface area contributed by atoms with Gasteiger partial charge in [0.15, 0.2) is 11.6 Å². The molecule has 12 nitrogen and oxygen atoms in total.